The molecular weight excluding hydrogens is 274 g/mol. The van der Waals surface area contributed by atoms with E-state index in [0.29, 0.717) is 5.75 Å². The van der Waals surface area contributed by atoms with Crippen LogP contribution in [0.2, 0.25) is 0 Å². The van der Waals surface area contributed by atoms with Crippen molar-refractivity contribution in [2.24, 2.45) is 0 Å². The van der Waals surface area contributed by atoms with Crippen LogP contribution in [0.5, 0.6) is 5.75 Å². The number of esters is 1. The summed E-state index contributed by atoms with van der Waals surface area (Å²) in [6, 6.07) is 4.65. The lowest BCUT2D eigenvalue weighted by Gasteiger charge is -2.14. The smallest absolute Gasteiger partial charge is 0.330 e. The molecule has 1 rings (SSSR count). The van der Waals surface area contributed by atoms with E-state index in [4.69, 9.17) is 9.84 Å². The van der Waals surface area contributed by atoms with Crippen molar-refractivity contribution < 1.29 is 24.2 Å². The number of rotatable bonds is 7. The van der Waals surface area contributed by atoms with Gasteiger partial charge < -0.3 is 19.9 Å². The first-order chi connectivity index (χ1) is 9.97. The first-order valence-electron chi connectivity index (χ1n) is 6.66. The first-order valence-corrected chi connectivity index (χ1v) is 6.66. The fourth-order valence-electron chi connectivity index (χ4n) is 1.65. The van der Waals surface area contributed by atoms with Crippen LogP contribution in [0.1, 0.15) is 17.5 Å². The third-order valence-electron chi connectivity index (χ3n) is 3.08. The lowest BCUT2D eigenvalue weighted by atomic mass is 10.1. The van der Waals surface area contributed by atoms with Crippen molar-refractivity contribution in [3.63, 3.8) is 0 Å². The Morgan fingerprint density at radius 3 is 2.57 bits per heavy atom. The maximum absolute atomic E-state index is 11.6. The second kappa shape index (κ2) is 8.26. The molecule has 0 aliphatic heterocycles. The van der Waals surface area contributed by atoms with Crippen LogP contribution in [0, 0.1) is 13.8 Å². The molecule has 0 spiro atoms. The first kappa shape index (κ1) is 17.0. The predicted molar refractivity (Wildman–Crippen MR) is 77.1 cm³/mol. The van der Waals surface area contributed by atoms with Crippen molar-refractivity contribution in [3.05, 3.63) is 29.3 Å². The summed E-state index contributed by atoms with van der Waals surface area (Å²) >= 11 is 0. The van der Waals surface area contributed by atoms with Gasteiger partial charge in [0.05, 0.1) is 26.7 Å². The molecule has 0 aliphatic rings. The van der Waals surface area contributed by atoms with E-state index in [-0.39, 0.29) is 18.9 Å². The van der Waals surface area contributed by atoms with Crippen molar-refractivity contribution >= 4 is 11.9 Å². The number of aryl methyl sites for hydroxylation is 2. The Bertz CT molecular complexity index is 501. The number of hydrogen-bond donors (Lipinski definition) is 2. The highest BCUT2D eigenvalue weighted by Crippen LogP contribution is 2.16. The van der Waals surface area contributed by atoms with E-state index in [1.54, 1.807) is 0 Å². The SMILES string of the molecule is COC(=O)C(CO)NC(=O)CCOc1ccc(C)c(C)c1. The highest BCUT2D eigenvalue weighted by atomic mass is 16.5. The number of amides is 1. The third kappa shape index (κ3) is 5.43. The number of methoxy groups -OCH3 is 1. The molecule has 0 aromatic heterocycles. The van der Waals surface area contributed by atoms with E-state index < -0.39 is 18.6 Å². The Morgan fingerprint density at radius 2 is 2.00 bits per heavy atom. The number of aliphatic hydroxyl groups excluding tert-OH is 1. The van der Waals surface area contributed by atoms with Crippen molar-refractivity contribution in [2.45, 2.75) is 26.3 Å². The molecule has 0 saturated heterocycles. The second-order valence-electron chi connectivity index (χ2n) is 4.67. The molecule has 0 heterocycles. The summed E-state index contributed by atoms with van der Waals surface area (Å²) in [4.78, 5) is 22.8. The number of ether oxygens (including phenoxy) is 2. The van der Waals surface area contributed by atoms with Gasteiger partial charge >= 0.3 is 5.97 Å². The molecule has 0 radical (unpaired) electrons. The number of carbonyl (C=O) groups is 2. The number of benzene rings is 1. The number of carbonyl (C=O) groups excluding carboxylic acids is 2. The third-order valence-corrected chi connectivity index (χ3v) is 3.08. The Balaban J connectivity index is 2.39. The molecule has 116 valence electrons. The van der Waals surface area contributed by atoms with Crippen LogP contribution >= 0.6 is 0 Å². The minimum absolute atomic E-state index is 0.0837. The lowest BCUT2D eigenvalue weighted by Crippen LogP contribution is -2.44. The molecule has 1 aromatic carbocycles. The quantitative estimate of drug-likeness (QED) is 0.724. The van der Waals surface area contributed by atoms with Gasteiger partial charge in [0.15, 0.2) is 6.04 Å². The summed E-state index contributed by atoms with van der Waals surface area (Å²) in [5.74, 6) is -0.373. The van der Waals surface area contributed by atoms with Crippen LogP contribution in [0.25, 0.3) is 0 Å². The highest BCUT2D eigenvalue weighted by molar-refractivity contribution is 5.84. The molecular formula is C15H21NO5. The van der Waals surface area contributed by atoms with Crippen LogP contribution in [0.4, 0.5) is 0 Å². The zero-order valence-electron chi connectivity index (χ0n) is 12.5. The molecule has 1 unspecified atom stereocenters. The average molecular weight is 295 g/mol. The van der Waals surface area contributed by atoms with Gasteiger partial charge in [-0.2, -0.15) is 0 Å². The zero-order valence-corrected chi connectivity index (χ0v) is 12.5. The fraction of sp³-hybridized carbons (Fsp3) is 0.467. The number of hydrogen-bond acceptors (Lipinski definition) is 5. The summed E-state index contributed by atoms with van der Waals surface area (Å²) in [7, 11) is 1.19. The van der Waals surface area contributed by atoms with Crippen LogP contribution in [-0.2, 0) is 14.3 Å². The summed E-state index contributed by atoms with van der Waals surface area (Å²) in [5.41, 5.74) is 2.28. The molecule has 0 aliphatic carbocycles. The minimum Gasteiger partial charge on any atom is -0.493 e. The van der Waals surface area contributed by atoms with Crippen LogP contribution in [-0.4, -0.2) is 43.3 Å². The molecule has 2 N–H and O–H groups in total. The summed E-state index contributed by atoms with van der Waals surface area (Å²) in [6.07, 6.45) is 0.0837. The van der Waals surface area contributed by atoms with Gasteiger partial charge in [0.2, 0.25) is 5.91 Å². The van der Waals surface area contributed by atoms with E-state index in [2.05, 4.69) is 10.1 Å². The van der Waals surface area contributed by atoms with Crippen molar-refractivity contribution in [1.82, 2.24) is 5.32 Å². The lowest BCUT2D eigenvalue weighted by molar-refractivity contribution is -0.146. The Kier molecular flexibility index (Phi) is 6.68. The molecule has 6 nitrogen and oxygen atoms in total. The monoisotopic (exact) mass is 295 g/mol. The van der Waals surface area contributed by atoms with Gasteiger partial charge in [-0.25, -0.2) is 4.79 Å². The van der Waals surface area contributed by atoms with E-state index in [1.165, 1.54) is 12.7 Å². The number of nitrogens with one attached hydrogen (secondary N) is 1. The fourth-order valence-corrected chi connectivity index (χ4v) is 1.65. The van der Waals surface area contributed by atoms with Crippen molar-refractivity contribution in [1.29, 1.82) is 0 Å². The zero-order chi connectivity index (χ0) is 15.8. The van der Waals surface area contributed by atoms with Gasteiger partial charge in [-0.05, 0) is 37.1 Å². The average Bonchev–Trinajstić information content (AvgIpc) is 2.47. The molecule has 1 amide bonds. The van der Waals surface area contributed by atoms with Gasteiger partial charge in [0.1, 0.15) is 5.75 Å². The Hall–Kier alpha value is -2.08. The summed E-state index contributed by atoms with van der Waals surface area (Å²) < 4.78 is 9.93. The Morgan fingerprint density at radius 1 is 1.29 bits per heavy atom. The minimum atomic E-state index is -1.04. The molecule has 1 aromatic rings. The molecule has 0 bridgehead atoms. The number of aliphatic hydroxyl groups is 1. The van der Waals surface area contributed by atoms with E-state index in [1.807, 2.05) is 32.0 Å². The standard InChI is InChI=1S/C15H21NO5/c1-10-4-5-12(8-11(10)2)21-7-6-14(18)16-13(9-17)15(19)20-3/h4-5,8,13,17H,6-7,9H2,1-3H3,(H,16,18). The molecule has 0 fully saturated rings. The van der Waals surface area contributed by atoms with Crippen molar-refractivity contribution in [2.75, 3.05) is 20.3 Å². The van der Waals surface area contributed by atoms with Crippen molar-refractivity contribution in [3.8, 4) is 5.75 Å². The Labute approximate surface area is 124 Å². The second-order valence-corrected chi connectivity index (χ2v) is 4.67. The molecule has 6 heteroatoms. The molecule has 1 atom stereocenters. The summed E-state index contributed by atoms with van der Waals surface area (Å²) in [5, 5.41) is 11.4. The van der Waals surface area contributed by atoms with Crippen LogP contribution in [0.15, 0.2) is 18.2 Å². The predicted octanol–water partition coefficient (Wildman–Crippen LogP) is 0.722. The molecule has 0 saturated carbocycles. The van der Waals surface area contributed by atoms with Crippen LogP contribution in [0.3, 0.4) is 0 Å². The maximum atomic E-state index is 11.6. The van der Waals surface area contributed by atoms with E-state index in [0.717, 1.165) is 5.56 Å². The maximum Gasteiger partial charge on any atom is 0.330 e. The summed E-state index contributed by atoms with van der Waals surface area (Å²) in [6.45, 7) is 3.68. The molecule has 21 heavy (non-hydrogen) atoms. The largest absolute Gasteiger partial charge is 0.493 e. The van der Waals surface area contributed by atoms with Gasteiger partial charge in [-0.15, -0.1) is 0 Å². The van der Waals surface area contributed by atoms with Gasteiger partial charge in [-0.1, -0.05) is 6.07 Å². The van der Waals surface area contributed by atoms with Gasteiger partial charge in [-0.3, -0.25) is 4.79 Å². The highest BCUT2D eigenvalue weighted by Gasteiger charge is 2.20. The van der Waals surface area contributed by atoms with E-state index >= 15 is 0 Å². The normalized spacial score (nSPS) is 11.6. The van der Waals surface area contributed by atoms with Gasteiger partial charge in [0, 0.05) is 0 Å². The van der Waals surface area contributed by atoms with Gasteiger partial charge in [0.25, 0.3) is 0 Å². The topological polar surface area (TPSA) is 84.9 Å². The van der Waals surface area contributed by atoms with E-state index in [9.17, 15) is 9.59 Å². The van der Waals surface area contributed by atoms with Crippen LogP contribution < -0.4 is 10.1 Å².